The number of carbonyl (C=O) groups is 4. The highest BCUT2D eigenvalue weighted by Gasteiger charge is 2.36. The van der Waals surface area contributed by atoms with Crippen LogP contribution in [0.1, 0.15) is 36.6 Å². The van der Waals surface area contributed by atoms with Crippen LogP contribution in [0.3, 0.4) is 0 Å². The Morgan fingerprint density at radius 2 is 1.41 bits per heavy atom. The lowest BCUT2D eigenvalue weighted by molar-refractivity contribution is 0.0642. The van der Waals surface area contributed by atoms with Crippen LogP contribution < -0.4 is 16.0 Å². The molecule has 0 saturated carbocycles. The topological polar surface area (TPSA) is 108 Å². The molecule has 160 valence electrons. The molecule has 0 unspecified atom stereocenters. The average molecular weight is 428 g/mol. The van der Waals surface area contributed by atoms with Crippen LogP contribution in [0, 0.1) is 0 Å². The van der Waals surface area contributed by atoms with Gasteiger partial charge in [0.1, 0.15) is 0 Å². The maximum Gasteiger partial charge on any atom is 0.318 e. The number of hydrogen-bond donors (Lipinski definition) is 3. The van der Waals surface area contributed by atoms with Crippen molar-refractivity contribution in [1.29, 1.82) is 0 Å². The van der Waals surface area contributed by atoms with E-state index in [1.165, 1.54) is 30.1 Å². The zero-order chi connectivity index (χ0) is 22.7. The van der Waals surface area contributed by atoms with Crippen LogP contribution in [0.2, 0.25) is 0 Å². The van der Waals surface area contributed by atoms with Gasteiger partial charge in [0.2, 0.25) is 0 Å². The second-order valence-electron chi connectivity index (χ2n) is 7.18. The molecule has 3 N–H and O–H groups in total. The van der Waals surface area contributed by atoms with Crippen molar-refractivity contribution in [2.75, 3.05) is 17.7 Å². The van der Waals surface area contributed by atoms with Gasteiger partial charge in [0.15, 0.2) is 0 Å². The molecule has 0 aliphatic carbocycles. The fourth-order valence-corrected chi connectivity index (χ4v) is 3.38. The van der Waals surface area contributed by atoms with Crippen LogP contribution in [-0.2, 0) is 6.54 Å². The van der Waals surface area contributed by atoms with Crippen LogP contribution in [0.25, 0.3) is 0 Å². The highest BCUT2D eigenvalue weighted by atomic mass is 16.2. The van der Waals surface area contributed by atoms with Crippen molar-refractivity contribution in [3.05, 3.63) is 95.1 Å². The van der Waals surface area contributed by atoms with Gasteiger partial charge in [-0.1, -0.05) is 30.3 Å². The standard InChI is InChI=1S/C24H20N4O4/c1-25-24(32)27-18-10-8-17(9-11-18)26-21(29)16-7-12-19-20(13-16)23(31)28(22(19)30)14-15-5-3-2-4-6-15/h2-13H,14H2,1H3,(H,26,29)(H2,25,27,32). The summed E-state index contributed by atoms with van der Waals surface area (Å²) in [6.45, 7) is 0.172. The van der Waals surface area contributed by atoms with Crippen molar-refractivity contribution >= 4 is 35.1 Å². The number of fused-ring (bicyclic) bond motifs is 1. The largest absolute Gasteiger partial charge is 0.341 e. The Balaban J connectivity index is 1.48. The summed E-state index contributed by atoms with van der Waals surface area (Å²) in [6, 6.07) is 20.0. The van der Waals surface area contributed by atoms with E-state index in [0.717, 1.165) is 5.56 Å². The number of benzene rings is 3. The first-order valence-electron chi connectivity index (χ1n) is 9.90. The molecule has 0 fully saturated rings. The zero-order valence-corrected chi connectivity index (χ0v) is 17.2. The predicted octanol–water partition coefficient (Wildman–Crippen LogP) is 3.49. The van der Waals surface area contributed by atoms with Gasteiger partial charge in [0.05, 0.1) is 17.7 Å². The Kier molecular flexibility index (Phi) is 5.67. The van der Waals surface area contributed by atoms with Crippen molar-refractivity contribution in [3.8, 4) is 0 Å². The minimum Gasteiger partial charge on any atom is -0.341 e. The molecule has 4 rings (SSSR count). The van der Waals surface area contributed by atoms with Gasteiger partial charge >= 0.3 is 6.03 Å². The van der Waals surface area contributed by atoms with Crippen LogP contribution in [0.5, 0.6) is 0 Å². The number of amides is 5. The zero-order valence-electron chi connectivity index (χ0n) is 17.2. The smallest absolute Gasteiger partial charge is 0.318 e. The number of imide groups is 1. The van der Waals surface area contributed by atoms with Crippen molar-refractivity contribution in [2.45, 2.75) is 6.54 Å². The van der Waals surface area contributed by atoms with Crippen LogP contribution in [-0.4, -0.2) is 35.7 Å². The number of nitrogens with one attached hydrogen (secondary N) is 3. The van der Waals surface area contributed by atoms with Crippen LogP contribution in [0.4, 0.5) is 16.2 Å². The minimum atomic E-state index is -0.423. The first-order valence-corrected chi connectivity index (χ1v) is 9.90. The van der Waals surface area contributed by atoms with Crippen LogP contribution >= 0.6 is 0 Å². The van der Waals surface area contributed by atoms with Crippen LogP contribution in [0.15, 0.2) is 72.8 Å². The molecule has 1 aliphatic heterocycles. The Labute approximate surface area is 184 Å². The summed E-state index contributed by atoms with van der Waals surface area (Å²) in [4.78, 5) is 50.7. The Bertz CT molecular complexity index is 1210. The van der Waals surface area contributed by atoms with Crippen molar-refractivity contribution in [1.82, 2.24) is 10.2 Å². The average Bonchev–Trinajstić information content (AvgIpc) is 3.05. The maximum atomic E-state index is 12.8. The summed E-state index contributed by atoms with van der Waals surface area (Å²) in [5.41, 5.74) is 2.69. The van der Waals surface area contributed by atoms with Gasteiger partial charge in [-0.3, -0.25) is 19.3 Å². The van der Waals surface area contributed by atoms with Crippen molar-refractivity contribution in [3.63, 3.8) is 0 Å². The summed E-state index contributed by atoms with van der Waals surface area (Å²) in [7, 11) is 1.51. The third-order valence-corrected chi connectivity index (χ3v) is 5.04. The minimum absolute atomic E-state index is 0.172. The molecule has 0 bridgehead atoms. The van der Waals surface area contributed by atoms with E-state index in [1.54, 1.807) is 24.3 Å². The molecule has 0 saturated heterocycles. The molecule has 0 spiro atoms. The van der Waals surface area contributed by atoms with E-state index in [4.69, 9.17) is 0 Å². The molecule has 32 heavy (non-hydrogen) atoms. The molecule has 8 nitrogen and oxygen atoms in total. The molecule has 3 aromatic rings. The third kappa shape index (κ3) is 4.20. The van der Waals surface area contributed by atoms with Gasteiger partial charge < -0.3 is 16.0 Å². The molecule has 1 aliphatic rings. The molecule has 0 radical (unpaired) electrons. The Morgan fingerprint density at radius 1 is 0.781 bits per heavy atom. The summed E-state index contributed by atoms with van der Waals surface area (Å²) in [6.07, 6.45) is 0. The van der Waals surface area contributed by atoms with Gasteiger partial charge in [-0.2, -0.15) is 0 Å². The van der Waals surface area contributed by atoms with Gasteiger partial charge in [0, 0.05) is 24.0 Å². The quantitative estimate of drug-likeness (QED) is 0.541. The van der Waals surface area contributed by atoms with E-state index in [9.17, 15) is 19.2 Å². The van der Waals surface area contributed by atoms with Crippen molar-refractivity contribution < 1.29 is 19.2 Å². The maximum absolute atomic E-state index is 12.8. The van der Waals surface area contributed by atoms with E-state index < -0.39 is 11.8 Å². The van der Waals surface area contributed by atoms with Gasteiger partial charge in [-0.05, 0) is 48.0 Å². The first kappa shape index (κ1) is 20.8. The summed E-state index contributed by atoms with van der Waals surface area (Å²) < 4.78 is 0. The molecule has 1 heterocycles. The lowest BCUT2D eigenvalue weighted by Crippen LogP contribution is -2.29. The van der Waals surface area contributed by atoms with E-state index >= 15 is 0 Å². The predicted molar refractivity (Wildman–Crippen MR) is 120 cm³/mol. The van der Waals surface area contributed by atoms with Gasteiger partial charge in [-0.25, -0.2) is 4.79 Å². The second kappa shape index (κ2) is 8.73. The Morgan fingerprint density at radius 3 is 2.06 bits per heavy atom. The Hall–Kier alpha value is -4.46. The fourth-order valence-electron chi connectivity index (χ4n) is 3.38. The lowest BCUT2D eigenvalue weighted by atomic mass is 10.1. The summed E-state index contributed by atoms with van der Waals surface area (Å²) in [5.74, 6) is -1.21. The molecule has 5 amide bonds. The van der Waals surface area contributed by atoms with E-state index in [0.29, 0.717) is 11.4 Å². The summed E-state index contributed by atoms with van der Waals surface area (Å²) in [5, 5.41) is 7.82. The lowest BCUT2D eigenvalue weighted by Gasteiger charge is -2.13. The fraction of sp³-hybridized carbons (Fsp3) is 0.0833. The van der Waals surface area contributed by atoms with E-state index in [2.05, 4.69) is 16.0 Å². The van der Waals surface area contributed by atoms with E-state index in [-0.39, 0.29) is 35.2 Å². The summed E-state index contributed by atoms with van der Waals surface area (Å²) >= 11 is 0. The third-order valence-electron chi connectivity index (χ3n) is 5.04. The molecule has 0 aromatic heterocycles. The number of nitrogens with zero attached hydrogens (tertiary/aromatic N) is 1. The number of urea groups is 1. The number of anilines is 2. The molecule has 8 heteroatoms. The molecular formula is C24H20N4O4. The SMILES string of the molecule is CNC(=O)Nc1ccc(NC(=O)c2ccc3c(c2)C(=O)N(Cc2ccccc2)C3=O)cc1. The number of rotatable bonds is 5. The number of carbonyl (C=O) groups excluding carboxylic acids is 4. The highest BCUT2D eigenvalue weighted by Crippen LogP contribution is 2.26. The van der Waals surface area contributed by atoms with Gasteiger partial charge in [-0.15, -0.1) is 0 Å². The molecular weight excluding hydrogens is 408 g/mol. The normalized spacial score (nSPS) is 12.3. The van der Waals surface area contributed by atoms with Gasteiger partial charge in [0.25, 0.3) is 17.7 Å². The molecule has 0 atom stereocenters. The first-order chi connectivity index (χ1) is 15.5. The van der Waals surface area contributed by atoms with E-state index in [1.807, 2.05) is 30.3 Å². The monoisotopic (exact) mass is 428 g/mol. The van der Waals surface area contributed by atoms with Crippen molar-refractivity contribution in [2.24, 2.45) is 0 Å². The molecule has 3 aromatic carbocycles. The second-order valence-corrected chi connectivity index (χ2v) is 7.18. The number of hydrogen-bond acceptors (Lipinski definition) is 4. The highest BCUT2D eigenvalue weighted by molar-refractivity contribution is 6.22.